The summed E-state index contributed by atoms with van der Waals surface area (Å²) in [4.78, 5) is 42.9. The van der Waals surface area contributed by atoms with Crippen molar-refractivity contribution in [2.45, 2.75) is 12.8 Å². The molecule has 1 aliphatic rings. The maximum Gasteiger partial charge on any atom is 0.382 e. The molecule has 0 unspecified atom stereocenters. The number of methoxy groups -OCH3 is 1. The smallest absolute Gasteiger partial charge is 0.382 e. The van der Waals surface area contributed by atoms with Gasteiger partial charge in [-0.2, -0.15) is 0 Å². The Labute approximate surface area is 197 Å². The number of rotatable bonds is 8. The van der Waals surface area contributed by atoms with Crippen LogP contribution in [0.4, 0.5) is 23.0 Å². The fraction of sp³-hybridized carbons (Fsp3) is 0.238. The number of aromatic nitrogens is 4. The van der Waals surface area contributed by atoms with Crippen LogP contribution in [0.1, 0.15) is 27.4 Å². The Morgan fingerprint density at radius 2 is 2.03 bits per heavy atom. The van der Waals surface area contributed by atoms with Gasteiger partial charge in [-0.1, -0.05) is 6.07 Å². The summed E-state index contributed by atoms with van der Waals surface area (Å²) in [5.41, 5.74) is 0.705. The number of hydrogen-bond acceptors (Lipinski definition) is 10. The predicted octanol–water partition coefficient (Wildman–Crippen LogP) is 2.30. The van der Waals surface area contributed by atoms with Crippen LogP contribution in [0.3, 0.4) is 0 Å². The molecule has 0 bridgehead atoms. The molecule has 0 radical (unpaired) electrons. The van der Waals surface area contributed by atoms with E-state index in [9.17, 15) is 19.7 Å². The van der Waals surface area contributed by atoms with Crippen LogP contribution in [0, 0.1) is 16.0 Å². The highest BCUT2D eigenvalue weighted by Crippen LogP contribution is 2.38. The number of anilines is 3. The van der Waals surface area contributed by atoms with Crippen LogP contribution in [-0.2, 0) is 4.79 Å². The fourth-order valence-corrected chi connectivity index (χ4v) is 3.11. The topological polar surface area (TPSA) is 174 Å². The molecule has 0 aliphatic heterocycles. The zero-order chi connectivity index (χ0) is 26.7. The maximum absolute atomic E-state index is 12.6. The lowest BCUT2D eigenvalue weighted by atomic mass is 10.1. The molecule has 1 saturated carbocycles. The van der Waals surface area contributed by atoms with Gasteiger partial charge < -0.3 is 30.8 Å². The molecule has 4 rings (SSSR count). The lowest BCUT2D eigenvalue weighted by molar-refractivity contribution is -0.389. The number of para-hydroxylation sites is 1. The van der Waals surface area contributed by atoms with E-state index in [-0.39, 0.29) is 40.5 Å². The summed E-state index contributed by atoms with van der Waals surface area (Å²) in [5.74, 6) is -1.50. The van der Waals surface area contributed by atoms with Gasteiger partial charge >= 0.3 is 5.82 Å². The summed E-state index contributed by atoms with van der Waals surface area (Å²) in [6.07, 6.45) is 3.75. The number of hydrogen-bond donors (Lipinski definition) is 3. The van der Waals surface area contributed by atoms with E-state index < -0.39 is 23.6 Å². The van der Waals surface area contributed by atoms with Crippen molar-refractivity contribution in [3.8, 4) is 17.0 Å². The van der Waals surface area contributed by atoms with Crippen LogP contribution < -0.4 is 20.7 Å². The van der Waals surface area contributed by atoms with Crippen LogP contribution in [0.2, 0.25) is 0 Å². The third-order valence-electron chi connectivity index (χ3n) is 4.91. The zero-order valence-electron chi connectivity index (χ0n) is 20.7. The van der Waals surface area contributed by atoms with Crippen molar-refractivity contribution in [2.75, 3.05) is 24.7 Å². The van der Waals surface area contributed by atoms with E-state index in [4.69, 9.17) is 8.85 Å². The number of ether oxygens (including phenoxy) is 1. The lowest BCUT2D eigenvalue weighted by Gasteiger charge is -2.16. The molecule has 3 aromatic rings. The van der Waals surface area contributed by atoms with E-state index in [2.05, 4.69) is 30.8 Å². The number of amides is 2. The number of carbonyl (C=O) groups is 2. The molecule has 2 aromatic heterocycles. The molecule has 1 aliphatic carbocycles. The molecule has 34 heavy (non-hydrogen) atoms. The molecule has 13 heteroatoms. The van der Waals surface area contributed by atoms with E-state index in [0.717, 1.165) is 19.0 Å². The SMILES string of the molecule is [2H]C([2H])([2H])NC(=O)c1nnc(NC(=O)C2CC2)cc1Nc1cccc(-c2cnc([N+](=O)[O-])cn2)c1OC. The Bertz CT molecular complexity index is 1360. The summed E-state index contributed by atoms with van der Waals surface area (Å²) in [7, 11) is 1.39. The third kappa shape index (κ3) is 4.72. The molecule has 1 aromatic carbocycles. The van der Waals surface area contributed by atoms with Crippen LogP contribution in [0.25, 0.3) is 11.3 Å². The second-order valence-corrected chi connectivity index (χ2v) is 7.24. The number of benzene rings is 1. The van der Waals surface area contributed by atoms with E-state index in [1.165, 1.54) is 19.4 Å². The third-order valence-corrected chi connectivity index (χ3v) is 4.91. The molecule has 3 N–H and O–H groups in total. The van der Waals surface area contributed by atoms with Crippen molar-refractivity contribution in [3.63, 3.8) is 0 Å². The molecule has 174 valence electrons. The number of nitrogens with one attached hydrogen (secondary N) is 3. The lowest BCUT2D eigenvalue weighted by Crippen LogP contribution is -2.22. The first kappa shape index (κ1) is 18.8. The van der Waals surface area contributed by atoms with Gasteiger partial charge in [0.05, 0.1) is 18.5 Å². The van der Waals surface area contributed by atoms with Gasteiger partial charge in [0.15, 0.2) is 23.5 Å². The van der Waals surface area contributed by atoms with Gasteiger partial charge in [-0.3, -0.25) is 9.59 Å². The van der Waals surface area contributed by atoms with E-state index in [1.54, 1.807) is 18.2 Å². The minimum atomic E-state index is -2.78. The average Bonchev–Trinajstić information content (AvgIpc) is 3.69. The first-order valence-electron chi connectivity index (χ1n) is 11.5. The molecule has 2 heterocycles. The van der Waals surface area contributed by atoms with Gasteiger partial charge in [0.2, 0.25) is 5.91 Å². The second-order valence-electron chi connectivity index (χ2n) is 7.24. The zero-order valence-corrected chi connectivity index (χ0v) is 17.7. The highest BCUT2D eigenvalue weighted by Gasteiger charge is 2.30. The Hall–Kier alpha value is -4.68. The Balaban J connectivity index is 1.72. The van der Waals surface area contributed by atoms with E-state index >= 15 is 0 Å². The van der Waals surface area contributed by atoms with Gasteiger partial charge in [-0.25, -0.2) is 4.98 Å². The summed E-state index contributed by atoms with van der Waals surface area (Å²) < 4.78 is 27.5. The first-order chi connectivity index (χ1) is 17.6. The molecule has 0 spiro atoms. The summed E-state index contributed by atoms with van der Waals surface area (Å²) >= 11 is 0. The van der Waals surface area contributed by atoms with Crippen LogP contribution in [0.15, 0.2) is 36.7 Å². The van der Waals surface area contributed by atoms with Crippen LogP contribution in [-0.4, -0.2) is 51.0 Å². The second kappa shape index (κ2) is 9.44. The largest absolute Gasteiger partial charge is 0.494 e. The van der Waals surface area contributed by atoms with Crippen molar-refractivity contribution in [3.05, 3.63) is 52.5 Å². The fourth-order valence-electron chi connectivity index (χ4n) is 3.11. The normalized spacial score (nSPS) is 14.2. The minimum Gasteiger partial charge on any atom is -0.494 e. The standard InChI is InChI=1S/C21H20N8O5/c1-22-21(31)18-14(8-16(27-28-18)26-20(30)11-6-7-11)25-13-5-3-4-12(19(13)34-2)15-9-24-17(10-23-15)29(32)33/h3-5,8-11H,6-7H2,1-2H3,(H,22,31)(H2,25,26,27,30)/i1D3. The molecule has 2 amide bonds. The molecule has 0 atom stereocenters. The number of carbonyl (C=O) groups excluding carboxylic acids is 2. The van der Waals surface area contributed by atoms with Gasteiger partial charge in [0.25, 0.3) is 5.91 Å². The molecule has 0 saturated heterocycles. The monoisotopic (exact) mass is 467 g/mol. The van der Waals surface area contributed by atoms with Crippen molar-refractivity contribution < 1.29 is 23.4 Å². The Morgan fingerprint density at radius 3 is 2.68 bits per heavy atom. The van der Waals surface area contributed by atoms with Crippen molar-refractivity contribution in [1.29, 1.82) is 0 Å². The number of nitro groups is 1. The summed E-state index contributed by atoms with van der Waals surface area (Å²) in [6, 6.07) is 6.24. The van der Waals surface area contributed by atoms with Gasteiger partial charge in [-0.15, -0.1) is 10.2 Å². The summed E-state index contributed by atoms with van der Waals surface area (Å²) in [5, 5.41) is 26.0. The van der Waals surface area contributed by atoms with Gasteiger partial charge in [0.1, 0.15) is 11.9 Å². The van der Waals surface area contributed by atoms with Crippen LogP contribution in [0.5, 0.6) is 5.75 Å². The molecular formula is C21H20N8O5. The number of nitrogens with zero attached hydrogens (tertiary/aromatic N) is 5. The summed E-state index contributed by atoms with van der Waals surface area (Å²) in [6.45, 7) is -2.78. The Morgan fingerprint density at radius 1 is 1.21 bits per heavy atom. The van der Waals surface area contributed by atoms with Crippen molar-refractivity contribution in [2.24, 2.45) is 5.92 Å². The predicted molar refractivity (Wildman–Crippen MR) is 121 cm³/mol. The maximum atomic E-state index is 12.6. The highest BCUT2D eigenvalue weighted by molar-refractivity contribution is 6.00. The quantitative estimate of drug-likeness (QED) is 0.329. The molecule has 1 fully saturated rings. The van der Waals surface area contributed by atoms with E-state index in [1.807, 2.05) is 5.32 Å². The minimum absolute atomic E-state index is 0.0353. The highest BCUT2D eigenvalue weighted by atomic mass is 16.6. The van der Waals surface area contributed by atoms with Crippen molar-refractivity contribution >= 4 is 34.8 Å². The first-order valence-corrected chi connectivity index (χ1v) is 9.97. The molecule has 13 nitrogen and oxygen atoms in total. The van der Waals surface area contributed by atoms with Crippen molar-refractivity contribution in [1.82, 2.24) is 25.5 Å². The molecular weight excluding hydrogens is 444 g/mol. The van der Waals surface area contributed by atoms with E-state index in [0.29, 0.717) is 11.3 Å². The van der Waals surface area contributed by atoms with Crippen LogP contribution >= 0.6 is 0 Å². The Kier molecular flexibility index (Phi) is 5.23. The van der Waals surface area contributed by atoms with Gasteiger partial charge in [-0.05, 0) is 34.9 Å². The van der Waals surface area contributed by atoms with Gasteiger partial charge in [0, 0.05) is 28.6 Å². The average molecular weight is 467 g/mol.